The van der Waals surface area contributed by atoms with Gasteiger partial charge in [-0.1, -0.05) is 16.8 Å². The number of ether oxygens (including phenoxy) is 2. The van der Waals surface area contributed by atoms with Gasteiger partial charge in [0, 0.05) is 11.1 Å². The zero-order chi connectivity index (χ0) is 20.4. The van der Waals surface area contributed by atoms with Crippen LogP contribution >= 0.6 is 11.6 Å². The predicted molar refractivity (Wildman–Crippen MR) is 109 cm³/mol. The number of benzene rings is 2. The summed E-state index contributed by atoms with van der Waals surface area (Å²) in [5, 5.41) is 4.38. The average Bonchev–Trinajstić information content (AvgIpc) is 3.36. The van der Waals surface area contributed by atoms with Gasteiger partial charge >= 0.3 is 5.97 Å². The smallest absolute Gasteiger partial charge is 0.368 e. The van der Waals surface area contributed by atoms with Crippen LogP contribution in [0.5, 0.6) is 11.5 Å². The minimum Gasteiger partial charge on any atom is -0.497 e. The molecular formula is C22H16ClNO5. The first kappa shape index (κ1) is 18.8. The molecular weight excluding hydrogens is 394 g/mol. The minimum atomic E-state index is -0.541. The normalized spacial score (nSPS) is 14.7. The van der Waals surface area contributed by atoms with Crippen LogP contribution in [0.2, 0.25) is 5.02 Å². The van der Waals surface area contributed by atoms with Crippen molar-refractivity contribution in [1.82, 2.24) is 0 Å². The predicted octanol–water partition coefficient (Wildman–Crippen LogP) is 4.96. The van der Waals surface area contributed by atoms with Crippen LogP contribution in [0.1, 0.15) is 11.3 Å². The topological polar surface area (TPSA) is 70.3 Å². The summed E-state index contributed by atoms with van der Waals surface area (Å²) in [5.41, 5.74) is 2.27. The number of hydrogen-bond acceptors (Lipinski definition) is 6. The summed E-state index contributed by atoms with van der Waals surface area (Å²) in [4.78, 5) is 17.0. The molecule has 0 spiro atoms. The van der Waals surface area contributed by atoms with E-state index in [1.54, 1.807) is 68.8 Å². The van der Waals surface area contributed by atoms with Crippen molar-refractivity contribution in [3.05, 3.63) is 76.5 Å². The van der Waals surface area contributed by atoms with Gasteiger partial charge in [-0.15, -0.1) is 0 Å². The van der Waals surface area contributed by atoms with E-state index in [0.29, 0.717) is 39.3 Å². The van der Waals surface area contributed by atoms with Crippen molar-refractivity contribution in [2.45, 2.75) is 0 Å². The summed E-state index contributed by atoms with van der Waals surface area (Å²) in [5.74, 6) is 1.84. The highest BCUT2D eigenvalue weighted by Gasteiger charge is 2.27. The Hall–Kier alpha value is -3.51. The molecule has 7 heteroatoms. The van der Waals surface area contributed by atoms with Crippen molar-refractivity contribution in [3.8, 4) is 22.8 Å². The molecule has 0 bridgehead atoms. The Morgan fingerprint density at radius 2 is 1.72 bits per heavy atom. The van der Waals surface area contributed by atoms with Gasteiger partial charge in [-0.25, -0.2) is 4.79 Å². The Morgan fingerprint density at radius 1 is 0.966 bits per heavy atom. The third-order valence-electron chi connectivity index (χ3n) is 4.41. The lowest BCUT2D eigenvalue weighted by Crippen LogP contribution is -2.06. The number of furan rings is 1. The van der Waals surface area contributed by atoms with Crippen molar-refractivity contribution in [3.63, 3.8) is 0 Å². The molecule has 0 saturated heterocycles. The number of halogens is 1. The molecule has 2 heterocycles. The first-order valence-corrected chi connectivity index (χ1v) is 9.06. The lowest BCUT2D eigenvalue weighted by Gasteiger charge is -2.04. The Kier molecular flexibility index (Phi) is 5.10. The fourth-order valence-corrected chi connectivity index (χ4v) is 3.17. The second kappa shape index (κ2) is 7.85. The van der Waals surface area contributed by atoms with Gasteiger partial charge in [0.1, 0.15) is 28.7 Å². The largest absolute Gasteiger partial charge is 0.497 e. The first-order valence-electron chi connectivity index (χ1n) is 8.68. The van der Waals surface area contributed by atoms with E-state index in [2.05, 4.69) is 5.16 Å². The molecule has 0 fully saturated rings. The molecule has 1 aliphatic heterocycles. The molecule has 0 aliphatic carbocycles. The molecule has 2 aromatic carbocycles. The minimum absolute atomic E-state index is 0.309. The van der Waals surface area contributed by atoms with Crippen LogP contribution in [0.15, 0.2) is 69.7 Å². The number of rotatable bonds is 5. The van der Waals surface area contributed by atoms with Crippen LogP contribution < -0.4 is 9.47 Å². The van der Waals surface area contributed by atoms with E-state index in [4.69, 9.17) is 30.3 Å². The molecule has 0 saturated carbocycles. The lowest BCUT2D eigenvalue weighted by molar-refractivity contribution is -0.136. The monoisotopic (exact) mass is 409 g/mol. The van der Waals surface area contributed by atoms with E-state index in [0.717, 1.165) is 11.1 Å². The zero-order valence-corrected chi connectivity index (χ0v) is 16.4. The molecule has 4 rings (SSSR count). The number of nitrogens with zero attached hydrogens (tertiary/aromatic N) is 1. The van der Waals surface area contributed by atoms with Gasteiger partial charge in [0.05, 0.1) is 24.8 Å². The fraction of sp³-hybridized carbons (Fsp3) is 0.0909. The Morgan fingerprint density at radius 3 is 2.41 bits per heavy atom. The molecule has 146 valence electrons. The third kappa shape index (κ3) is 3.75. The van der Waals surface area contributed by atoms with Gasteiger partial charge in [0.2, 0.25) is 0 Å². The second-order valence-corrected chi connectivity index (χ2v) is 6.56. The molecule has 0 amide bonds. The van der Waals surface area contributed by atoms with Gasteiger partial charge < -0.3 is 18.7 Å². The molecule has 0 radical (unpaired) electrons. The second-order valence-electron chi connectivity index (χ2n) is 6.16. The fourth-order valence-electron chi connectivity index (χ4n) is 2.91. The van der Waals surface area contributed by atoms with E-state index >= 15 is 0 Å². The Balaban J connectivity index is 1.63. The van der Waals surface area contributed by atoms with Gasteiger partial charge in [0.25, 0.3) is 0 Å². The lowest BCUT2D eigenvalue weighted by atomic mass is 10.0. The maximum absolute atomic E-state index is 12.2. The Bertz CT molecular complexity index is 1130. The summed E-state index contributed by atoms with van der Waals surface area (Å²) in [6.07, 6.45) is 1.60. The zero-order valence-electron chi connectivity index (χ0n) is 15.6. The van der Waals surface area contributed by atoms with Crippen molar-refractivity contribution in [2.75, 3.05) is 14.2 Å². The quantitative estimate of drug-likeness (QED) is 0.440. The number of methoxy groups -OCH3 is 2. The van der Waals surface area contributed by atoms with E-state index in [1.165, 1.54) is 0 Å². The van der Waals surface area contributed by atoms with E-state index in [-0.39, 0.29) is 0 Å². The summed E-state index contributed by atoms with van der Waals surface area (Å²) in [6, 6.07) is 16.1. The van der Waals surface area contributed by atoms with E-state index in [9.17, 15) is 4.79 Å². The van der Waals surface area contributed by atoms with Crippen LogP contribution in [0.4, 0.5) is 0 Å². The summed E-state index contributed by atoms with van der Waals surface area (Å²) >= 11 is 6.19. The third-order valence-corrected chi connectivity index (χ3v) is 4.70. The van der Waals surface area contributed by atoms with Crippen molar-refractivity contribution in [2.24, 2.45) is 5.16 Å². The van der Waals surface area contributed by atoms with Gasteiger partial charge in [-0.2, -0.15) is 0 Å². The SMILES string of the molecule is COc1ccc(C2=NOC(=O)/C2=C\c2ccc(-c3ccc(OC)c(Cl)c3)o2)cc1. The van der Waals surface area contributed by atoms with Crippen LogP contribution in [-0.4, -0.2) is 25.9 Å². The molecule has 1 aromatic heterocycles. The number of oxime groups is 1. The van der Waals surface area contributed by atoms with Crippen LogP contribution in [0, 0.1) is 0 Å². The highest BCUT2D eigenvalue weighted by molar-refractivity contribution is 6.32. The van der Waals surface area contributed by atoms with Crippen molar-refractivity contribution < 1.29 is 23.5 Å². The van der Waals surface area contributed by atoms with E-state index in [1.807, 2.05) is 6.07 Å². The van der Waals surface area contributed by atoms with Crippen molar-refractivity contribution in [1.29, 1.82) is 0 Å². The average molecular weight is 410 g/mol. The maximum Gasteiger partial charge on any atom is 0.368 e. The standard InChI is InChI=1S/C22H16ClNO5/c1-26-15-6-3-13(4-7-15)21-17(22(25)29-24-21)12-16-8-10-19(28-16)14-5-9-20(27-2)18(23)11-14/h3-12H,1-2H3/b17-12-. The van der Waals surface area contributed by atoms with Crippen molar-refractivity contribution >= 4 is 29.4 Å². The van der Waals surface area contributed by atoms with Crippen LogP contribution in [-0.2, 0) is 9.63 Å². The molecule has 6 nitrogen and oxygen atoms in total. The number of carbonyl (C=O) groups is 1. The maximum atomic E-state index is 12.2. The molecule has 29 heavy (non-hydrogen) atoms. The summed E-state index contributed by atoms with van der Waals surface area (Å²) in [7, 11) is 3.14. The summed E-state index contributed by atoms with van der Waals surface area (Å²) in [6.45, 7) is 0. The molecule has 0 unspecified atom stereocenters. The number of carbonyl (C=O) groups excluding carboxylic acids is 1. The highest BCUT2D eigenvalue weighted by Crippen LogP contribution is 2.32. The van der Waals surface area contributed by atoms with Crippen LogP contribution in [0.25, 0.3) is 17.4 Å². The summed E-state index contributed by atoms with van der Waals surface area (Å²) < 4.78 is 16.2. The molecule has 0 atom stereocenters. The van der Waals surface area contributed by atoms with E-state index < -0.39 is 5.97 Å². The molecule has 3 aromatic rings. The molecule has 1 aliphatic rings. The highest BCUT2D eigenvalue weighted by atomic mass is 35.5. The first-order chi connectivity index (χ1) is 14.1. The Labute approximate surface area is 171 Å². The number of hydrogen-bond donors (Lipinski definition) is 0. The van der Waals surface area contributed by atoms with Gasteiger partial charge in [-0.3, -0.25) is 0 Å². The van der Waals surface area contributed by atoms with Gasteiger partial charge in [0.15, 0.2) is 0 Å². The molecule has 0 N–H and O–H groups in total. The van der Waals surface area contributed by atoms with Gasteiger partial charge in [-0.05, 0) is 60.7 Å². The van der Waals surface area contributed by atoms with Crippen LogP contribution in [0.3, 0.4) is 0 Å².